The van der Waals surface area contributed by atoms with Crippen LogP contribution < -0.4 is 0 Å². The van der Waals surface area contributed by atoms with E-state index in [9.17, 15) is 20.0 Å². The molecular weight excluding hydrogens is 444 g/mol. The maximum Gasteiger partial charge on any atom is 0.313 e. The number of aromatic nitrogens is 3. The molecule has 0 fully saturated rings. The summed E-state index contributed by atoms with van der Waals surface area (Å²) in [6, 6.07) is 12.6. The van der Waals surface area contributed by atoms with Crippen LogP contribution in [-0.4, -0.2) is 31.1 Å². The van der Waals surface area contributed by atoms with Gasteiger partial charge in [-0.15, -0.1) is 10.2 Å². The average molecular weight is 455 g/mol. The lowest BCUT2D eigenvalue weighted by Gasteiger charge is -1.95. The summed E-state index contributed by atoms with van der Waals surface area (Å²) in [5.41, 5.74) is 1.57. The Balaban J connectivity index is 1.61. The van der Waals surface area contributed by atoms with E-state index in [0.29, 0.717) is 22.2 Å². The average Bonchev–Trinajstić information content (AvgIpc) is 3.31. The van der Waals surface area contributed by atoms with Crippen molar-refractivity contribution >= 4 is 44.1 Å². The van der Waals surface area contributed by atoms with E-state index in [1.165, 1.54) is 24.3 Å². The Labute approximate surface area is 170 Å². The number of hydrogen-bond acceptors (Lipinski definition) is 6. The molecule has 2 aromatic carbocycles. The number of aromatic amines is 2. The predicted molar refractivity (Wildman–Crippen MR) is 107 cm³/mol. The number of carbonyl (C=O) groups excluding carboxylic acids is 1. The summed E-state index contributed by atoms with van der Waals surface area (Å²) >= 11 is 3.34. The van der Waals surface area contributed by atoms with E-state index in [1.807, 2.05) is 0 Å². The fraction of sp³-hybridized carbons (Fsp3) is 0. The van der Waals surface area contributed by atoms with Gasteiger partial charge in [-0.05, 0) is 24.3 Å². The molecule has 0 atom stereocenters. The molecule has 2 heterocycles. The topological polar surface area (TPSA) is 150 Å². The largest absolute Gasteiger partial charge is 0.493 e. The Hall–Kier alpha value is -3.86. The van der Waals surface area contributed by atoms with Gasteiger partial charge in [0.2, 0.25) is 5.88 Å². The second-order valence-corrected chi connectivity index (χ2v) is 6.91. The van der Waals surface area contributed by atoms with Crippen molar-refractivity contribution in [3.63, 3.8) is 0 Å². The van der Waals surface area contributed by atoms with Gasteiger partial charge in [0.05, 0.1) is 16.1 Å². The molecule has 0 aliphatic heterocycles. The van der Waals surface area contributed by atoms with Gasteiger partial charge in [-0.1, -0.05) is 28.1 Å². The number of benzene rings is 2. The minimum absolute atomic E-state index is 0.0516. The number of hydrogen-bond donors (Lipinski definition) is 3. The molecule has 0 aliphatic rings. The normalized spacial score (nSPS) is 11.3. The fourth-order valence-corrected chi connectivity index (χ4v) is 3.11. The van der Waals surface area contributed by atoms with Crippen LogP contribution in [0.3, 0.4) is 0 Å². The van der Waals surface area contributed by atoms with Gasteiger partial charge >= 0.3 is 5.91 Å². The molecule has 3 N–H and O–H groups in total. The number of rotatable bonds is 4. The molecule has 4 rings (SSSR count). The van der Waals surface area contributed by atoms with Gasteiger partial charge in [0.15, 0.2) is 5.69 Å². The number of nitrogens with one attached hydrogen (secondary N) is 2. The van der Waals surface area contributed by atoms with E-state index in [2.05, 4.69) is 41.3 Å². The first-order chi connectivity index (χ1) is 13.9. The van der Waals surface area contributed by atoms with Gasteiger partial charge in [-0.25, -0.2) is 0 Å². The van der Waals surface area contributed by atoms with Crippen LogP contribution in [0.15, 0.2) is 63.2 Å². The van der Waals surface area contributed by atoms with Crippen molar-refractivity contribution in [1.82, 2.24) is 15.2 Å². The van der Waals surface area contributed by atoms with E-state index >= 15 is 0 Å². The number of nitro groups is 1. The highest BCUT2D eigenvalue weighted by molar-refractivity contribution is 9.10. The first-order valence-corrected chi connectivity index (χ1v) is 8.98. The Morgan fingerprint density at radius 3 is 2.83 bits per heavy atom. The number of azo groups is 1. The van der Waals surface area contributed by atoms with Gasteiger partial charge in [0, 0.05) is 27.6 Å². The number of aromatic hydroxyl groups is 1. The number of carbonyl (C=O) groups is 1. The molecule has 29 heavy (non-hydrogen) atoms. The number of halogens is 1. The van der Waals surface area contributed by atoms with Crippen LogP contribution in [0.2, 0.25) is 0 Å². The predicted octanol–water partition coefficient (Wildman–Crippen LogP) is 4.86. The van der Waals surface area contributed by atoms with Crippen LogP contribution >= 0.6 is 15.9 Å². The van der Waals surface area contributed by atoms with Crippen molar-refractivity contribution in [2.75, 3.05) is 0 Å². The zero-order chi connectivity index (χ0) is 20.5. The standard InChI is InChI=1S/C18H11BrN6O4/c19-10-4-5-13-12(7-10)16(18(27)20-13)23-24-17(26)15-8-14(21-22-15)9-2-1-3-11(6-9)25(28)29/h1-8,20,27H,(H,21,22). The number of non-ortho nitro benzene ring substituents is 1. The summed E-state index contributed by atoms with van der Waals surface area (Å²) in [4.78, 5) is 25.5. The van der Waals surface area contributed by atoms with Gasteiger partial charge < -0.3 is 10.1 Å². The maximum absolute atomic E-state index is 12.3. The van der Waals surface area contributed by atoms with Gasteiger partial charge in [0.1, 0.15) is 5.69 Å². The fourth-order valence-electron chi connectivity index (χ4n) is 2.74. The Morgan fingerprint density at radius 1 is 1.21 bits per heavy atom. The van der Waals surface area contributed by atoms with Crippen LogP contribution in [-0.2, 0) is 0 Å². The maximum atomic E-state index is 12.3. The summed E-state index contributed by atoms with van der Waals surface area (Å²) in [5, 5.41) is 35.6. The second kappa shape index (κ2) is 7.28. The first-order valence-electron chi connectivity index (χ1n) is 8.19. The third kappa shape index (κ3) is 3.62. The second-order valence-electron chi connectivity index (χ2n) is 5.99. The van der Waals surface area contributed by atoms with Crippen LogP contribution in [0.5, 0.6) is 5.88 Å². The zero-order valence-electron chi connectivity index (χ0n) is 14.5. The highest BCUT2D eigenvalue weighted by Crippen LogP contribution is 2.37. The summed E-state index contributed by atoms with van der Waals surface area (Å²) in [6.07, 6.45) is 0. The third-order valence-electron chi connectivity index (χ3n) is 4.12. The monoisotopic (exact) mass is 454 g/mol. The van der Waals surface area contributed by atoms with Gasteiger partial charge in [0.25, 0.3) is 5.69 Å². The van der Waals surface area contributed by atoms with Crippen molar-refractivity contribution in [3.8, 4) is 17.1 Å². The summed E-state index contributed by atoms with van der Waals surface area (Å²) in [7, 11) is 0. The van der Waals surface area contributed by atoms with Crippen LogP contribution in [0, 0.1) is 10.1 Å². The van der Waals surface area contributed by atoms with Crippen molar-refractivity contribution in [3.05, 3.63) is 68.8 Å². The molecular formula is C18H11BrN6O4. The number of nitrogens with zero attached hydrogens (tertiary/aromatic N) is 4. The lowest BCUT2D eigenvalue weighted by molar-refractivity contribution is -0.384. The van der Waals surface area contributed by atoms with Gasteiger partial charge in [-0.2, -0.15) is 5.10 Å². The van der Waals surface area contributed by atoms with E-state index in [0.717, 1.165) is 4.47 Å². The van der Waals surface area contributed by atoms with E-state index in [4.69, 9.17) is 0 Å². The number of amides is 1. The summed E-state index contributed by atoms with van der Waals surface area (Å²) < 4.78 is 0.780. The minimum Gasteiger partial charge on any atom is -0.493 e. The molecule has 4 aromatic rings. The molecule has 0 aliphatic carbocycles. The first kappa shape index (κ1) is 18.5. The Morgan fingerprint density at radius 2 is 2.03 bits per heavy atom. The molecule has 0 unspecified atom stereocenters. The number of H-pyrrole nitrogens is 2. The molecule has 144 valence electrons. The molecule has 0 saturated heterocycles. The summed E-state index contributed by atoms with van der Waals surface area (Å²) in [5.74, 6) is -0.922. The third-order valence-corrected chi connectivity index (χ3v) is 4.61. The lowest BCUT2D eigenvalue weighted by atomic mass is 10.1. The number of fused-ring (bicyclic) bond motifs is 1. The molecule has 0 radical (unpaired) electrons. The molecule has 10 nitrogen and oxygen atoms in total. The Kier molecular flexibility index (Phi) is 4.64. The molecule has 0 spiro atoms. The van der Waals surface area contributed by atoms with Crippen LogP contribution in [0.25, 0.3) is 22.2 Å². The molecule has 0 saturated carbocycles. The van der Waals surface area contributed by atoms with E-state index in [1.54, 1.807) is 24.3 Å². The molecule has 0 bridgehead atoms. The molecule has 2 aromatic heterocycles. The number of nitro benzene ring substituents is 1. The zero-order valence-corrected chi connectivity index (χ0v) is 16.0. The van der Waals surface area contributed by atoms with E-state index in [-0.39, 0.29) is 22.9 Å². The van der Waals surface area contributed by atoms with Crippen LogP contribution in [0.4, 0.5) is 11.4 Å². The highest BCUT2D eigenvalue weighted by atomic mass is 79.9. The van der Waals surface area contributed by atoms with E-state index < -0.39 is 10.8 Å². The minimum atomic E-state index is -0.710. The van der Waals surface area contributed by atoms with Crippen molar-refractivity contribution in [1.29, 1.82) is 0 Å². The smallest absolute Gasteiger partial charge is 0.313 e. The van der Waals surface area contributed by atoms with Crippen molar-refractivity contribution in [2.45, 2.75) is 0 Å². The molecule has 1 amide bonds. The lowest BCUT2D eigenvalue weighted by Crippen LogP contribution is -1.93. The van der Waals surface area contributed by atoms with Gasteiger partial charge in [-0.3, -0.25) is 20.0 Å². The highest BCUT2D eigenvalue weighted by Gasteiger charge is 2.15. The SMILES string of the molecule is O=C(N=Nc1c(O)[nH]c2ccc(Br)cc12)c1cc(-c2cccc([N+](=O)[O-])c2)n[nH]1. The quantitative estimate of drug-likeness (QED) is 0.228. The van der Waals surface area contributed by atoms with Crippen molar-refractivity contribution in [2.24, 2.45) is 10.2 Å². The Bertz CT molecular complexity index is 1290. The summed E-state index contributed by atoms with van der Waals surface area (Å²) in [6.45, 7) is 0. The van der Waals surface area contributed by atoms with Crippen molar-refractivity contribution < 1.29 is 14.8 Å². The van der Waals surface area contributed by atoms with Crippen LogP contribution in [0.1, 0.15) is 10.5 Å². The molecule has 11 heteroatoms.